The van der Waals surface area contributed by atoms with E-state index in [2.05, 4.69) is 42.2 Å². The van der Waals surface area contributed by atoms with E-state index >= 15 is 0 Å². The molecule has 1 unspecified atom stereocenters. The second kappa shape index (κ2) is 6.74. The maximum atomic E-state index is 13.1. The van der Waals surface area contributed by atoms with E-state index in [0.29, 0.717) is 5.95 Å². The van der Waals surface area contributed by atoms with Crippen LogP contribution >= 0.6 is 0 Å². The quantitative estimate of drug-likeness (QED) is 0.633. The summed E-state index contributed by atoms with van der Waals surface area (Å²) in [6.45, 7) is 2.87. The van der Waals surface area contributed by atoms with Gasteiger partial charge in [0, 0.05) is 38.7 Å². The summed E-state index contributed by atoms with van der Waals surface area (Å²) in [6.07, 6.45) is 3.79. The van der Waals surface area contributed by atoms with Crippen LogP contribution in [0.15, 0.2) is 54.7 Å². The van der Waals surface area contributed by atoms with Gasteiger partial charge in [0.1, 0.15) is 6.04 Å². The molecule has 0 radical (unpaired) electrons. The first-order valence-corrected chi connectivity index (χ1v) is 9.45. The van der Waals surface area contributed by atoms with Crippen molar-refractivity contribution in [2.75, 3.05) is 20.6 Å². The van der Waals surface area contributed by atoms with Gasteiger partial charge in [0.25, 0.3) is 0 Å². The maximum Gasteiger partial charge on any atom is 0.426 e. The van der Waals surface area contributed by atoms with Crippen molar-refractivity contribution in [3.8, 4) is 11.3 Å². The molecule has 5 heteroatoms. The minimum Gasteiger partial charge on any atom is -0.298 e. The summed E-state index contributed by atoms with van der Waals surface area (Å²) in [5.74, 6) is 0.601. The summed E-state index contributed by atoms with van der Waals surface area (Å²) in [7, 11) is 3.61. The third kappa shape index (κ3) is 2.88. The first-order valence-electron chi connectivity index (χ1n) is 9.45. The van der Waals surface area contributed by atoms with Gasteiger partial charge in [0.2, 0.25) is 0 Å². The molecule has 1 fully saturated rings. The molecule has 0 aliphatic carbocycles. The van der Waals surface area contributed by atoms with Crippen LogP contribution < -0.4 is 4.48 Å². The molecule has 1 aromatic heterocycles. The number of hydrogen-bond donors (Lipinski definition) is 0. The number of nitrogens with zero attached hydrogens (tertiary/aromatic N) is 4. The third-order valence-electron chi connectivity index (χ3n) is 5.65. The summed E-state index contributed by atoms with van der Waals surface area (Å²) < 4.78 is 0.203. The predicted molar refractivity (Wildman–Crippen MR) is 109 cm³/mol. The topological polar surface area (TPSA) is 46.1 Å². The van der Waals surface area contributed by atoms with Gasteiger partial charge in [-0.15, -0.1) is 0 Å². The summed E-state index contributed by atoms with van der Waals surface area (Å²) in [5.41, 5.74) is 1.90. The lowest BCUT2D eigenvalue weighted by atomic mass is 10.1. The Morgan fingerprint density at radius 3 is 2.59 bits per heavy atom. The largest absolute Gasteiger partial charge is 0.426 e. The van der Waals surface area contributed by atoms with E-state index in [4.69, 9.17) is 4.98 Å². The normalized spacial score (nSPS) is 22.1. The van der Waals surface area contributed by atoms with Crippen molar-refractivity contribution in [1.82, 2.24) is 19.4 Å². The van der Waals surface area contributed by atoms with Crippen molar-refractivity contribution in [1.29, 1.82) is 0 Å². The molecular formula is C22H25N4O+. The Kier molecular flexibility index (Phi) is 4.40. The standard InChI is InChI=1S/C22H25N4O/c1-16-7-6-14-26(16,22(27)25(2)3)21-23-13-12-20(24-21)19-11-10-17-8-4-5-9-18(17)15-19/h4-5,8-13,15-16H,6-7,14H2,1-3H3/q+1/t16-,26?/m1/s1. The highest BCUT2D eigenvalue weighted by Crippen LogP contribution is 2.34. The van der Waals surface area contributed by atoms with Crippen molar-refractivity contribution in [2.45, 2.75) is 25.8 Å². The first-order chi connectivity index (χ1) is 13.0. The Morgan fingerprint density at radius 1 is 1.11 bits per heavy atom. The van der Waals surface area contributed by atoms with Gasteiger partial charge in [0.15, 0.2) is 0 Å². The van der Waals surface area contributed by atoms with Gasteiger partial charge in [-0.05, 0) is 29.8 Å². The SMILES string of the molecule is C[C@@H]1CCC[N+]1(C(=O)N(C)C)c1nccc(-c2ccc3ccccc3c2)n1. The number of urea groups is 1. The zero-order valence-electron chi connectivity index (χ0n) is 16.1. The number of amides is 2. The summed E-state index contributed by atoms with van der Waals surface area (Å²) >= 11 is 0. The molecule has 1 aliphatic rings. The van der Waals surface area contributed by atoms with E-state index in [9.17, 15) is 4.79 Å². The number of quaternary nitrogens is 1. The van der Waals surface area contributed by atoms with Gasteiger partial charge >= 0.3 is 12.0 Å². The number of likely N-dealkylation sites (tertiary alicyclic amines) is 1. The Labute approximate surface area is 159 Å². The average Bonchev–Trinajstić information content (AvgIpc) is 3.09. The van der Waals surface area contributed by atoms with Gasteiger partial charge in [-0.2, -0.15) is 14.5 Å². The van der Waals surface area contributed by atoms with Crippen LogP contribution in [0.25, 0.3) is 22.0 Å². The summed E-state index contributed by atoms with van der Waals surface area (Å²) in [6, 6.07) is 16.8. The number of carbonyl (C=O) groups is 1. The molecule has 1 aliphatic heterocycles. The van der Waals surface area contributed by atoms with Gasteiger partial charge in [0.05, 0.1) is 12.2 Å². The van der Waals surface area contributed by atoms with Crippen LogP contribution in [0, 0.1) is 0 Å². The number of aromatic nitrogens is 2. The lowest BCUT2D eigenvalue weighted by Gasteiger charge is -2.34. The van der Waals surface area contributed by atoms with E-state index in [1.807, 2.05) is 18.2 Å². The van der Waals surface area contributed by atoms with E-state index in [0.717, 1.165) is 30.6 Å². The predicted octanol–water partition coefficient (Wildman–Crippen LogP) is 4.47. The monoisotopic (exact) mass is 361 g/mol. The minimum absolute atomic E-state index is 0.0515. The van der Waals surface area contributed by atoms with Crippen LogP contribution in [0.2, 0.25) is 0 Å². The fraction of sp³-hybridized carbons (Fsp3) is 0.318. The zero-order valence-corrected chi connectivity index (χ0v) is 16.1. The number of hydrogen-bond acceptors (Lipinski definition) is 3. The molecule has 2 amide bonds. The molecule has 5 nitrogen and oxygen atoms in total. The molecule has 27 heavy (non-hydrogen) atoms. The van der Waals surface area contributed by atoms with E-state index in [1.54, 1.807) is 25.2 Å². The molecule has 0 spiro atoms. The molecule has 138 valence electrons. The van der Waals surface area contributed by atoms with Gasteiger partial charge < -0.3 is 0 Å². The fourth-order valence-corrected chi connectivity index (χ4v) is 4.15. The number of carbonyl (C=O) groups excluding carboxylic acids is 1. The van der Waals surface area contributed by atoms with Crippen molar-refractivity contribution >= 4 is 22.8 Å². The van der Waals surface area contributed by atoms with E-state index < -0.39 is 0 Å². The second-order valence-corrected chi connectivity index (χ2v) is 7.56. The lowest BCUT2D eigenvalue weighted by Crippen LogP contribution is -2.61. The zero-order chi connectivity index (χ0) is 19.0. The highest BCUT2D eigenvalue weighted by atomic mass is 16.2. The van der Waals surface area contributed by atoms with Gasteiger partial charge in [-0.1, -0.05) is 36.4 Å². The van der Waals surface area contributed by atoms with Crippen molar-refractivity contribution in [3.63, 3.8) is 0 Å². The Bertz CT molecular complexity index is 1000. The molecule has 0 bridgehead atoms. The van der Waals surface area contributed by atoms with E-state index in [1.165, 1.54) is 10.8 Å². The van der Waals surface area contributed by atoms with Crippen LogP contribution in [-0.2, 0) is 0 Å². The molecule has 1 saturated heterocycles. The molecule has 2 aromatic carbocycles. The fourth-order valence-electron chi connectivity index (χ4n) is 4.15. The maximum absolute atomic E-state index is 13.1. The first kappa shape index (κ1) is 17.6. The van der Waals surface area contributed by atoms with Gasteiger partial charge in [-0.25, -0.2) is 4.79 Å². The molecule has 0 N–H and O–H groups in total. The highest BCUT2D eigenvalue weighted by Gasteiger charge is 2.51. The Balaban J connectivity index is 1.82. The Morgan fingerprint density at radius 2 is 1.89 bits per heavy atom. The van der Waals surface area contributed by atoms with Crippen LogP contribution in [0.1, 0.15) is 19.8 Å². The average molecular weight is 361 g/mol. The number of fused-ring (bicyclic) bond motifs is 1. The summed E-state index contributed by atoms with van der Waals surface area (Å²) in [4.78, 5) is 24.2. The van der Waals surface area contributed by atoms with Crippen LogP contribution in [0.4, 0.5) is 10.7 Å². The van der Waals surface area contributed by atoms with Crippen molar-refractivity contribution in [2.24, 2.45) is 0 Å². The molecule has 2 atom stereocenters. The smallest absolute Gasteiger partial charge is 0.298 e. The second-order valence-electron chi connectivity index (χ2n) is 7.56. The number of benzene rings is 2. The third-order valence-corrected chi connectivity index (χ3v) is 5.65. The lowest BCUT2D eigenvalue weighted by molar-refractivity contribution is 0.166. The molecular weight excluding hydrogens is 336 g/mol. The van der Waals surface area contributed by atoms with Crippen LogP contribution in [0.5, 0.6) is 0 Å². The van der Waals surface area contributed by atoms with Gasteiger partial charge in [-0.3, -0.25) is 4.90 Å². The van der Waals surface area contributed by atoms with Crippen LogP contribution in [-0.4, -0.2) is 47.6 Å². The molecule has 3 aromatic rings. The van der Waals surface area contributed by atoms with Crippen LogP contribution in [0.3, 0.4) is 0 Å². The van der Waals surface area contributed by atoms with Crippen molar-refractivity contribution in [3.05, 3.63) is 54.7 Å². The minimum atomic E-state index is 0.0515. The highest BCUT2D eigenvalue weighted by molar-refractivity contribution is 5.88. The molecule has 2 heterocycles. The number of rotatable bonds is 2. The van der Waals surface area contributed by atoms with E-state index in [-0.39, 0.29) is 16.6 Å². The molecule has 4 rings (SSSR count). The van der Waals surface area contributed by atoms with Crippen molar-refractivity contribution < 1.29 is 4.79 Å². The molecule has 0 saturated carbocycles. The Hall–Kier alpha value is -2.79. The summed E-state index contributed by atoms with van der Waals surface area (Å²) in [5, 5.41) is 2.38.